The van der Waals surface area contributed by atoms with Crippen LogP contribution < -0.4 is 10.6 Å². The van der Waals surface area contributed by atoms with Gasteiger partial charge >= 0.3 is 12.0 Å². The van der Waals surface area contributed by atoms with Crippen LogP contribution in [-0.4, -0.2) is 18.6 Å². The van der Waals surface area contributed by atoms with Crippen molar-refractivity contribution < 1.29 is 18.7 Å². The summed E-state index contributed by atoms with van der Waals surface area (Å²) in [4.78, 5) is 23.8. The highest BCUT2D eigenvalue weighted by Crippen LogP contribution is 2.27. The number of nitrogens with one attached hydrogen (secondary N) is 2. The molecule has 2 amide bonds. The first-order valence-corrected chi connectivity index (χ1v) is 6.48. The van der Waals surface area contributed by atoms with Gasteiger partial charge in [0, 0.05) is 5.70 Å². The Hall–Kier alpha value is -2.24. The summed E-state index contributed by atoms with van der Waals surface area (Å²) in [6.45, 7) is 5.91. The molecule has 0 bridgehead atoms. The van der Waals surface area contributed by atoms with Crippen molar-refractivity contribution in [3.63, 3.8) is 0 Å². The maximum Gasteiger partial charge on any atom is 0.338 e. The molecule has 108 valence electrons. The van der Waals surface area contributed by atoms with Crippen molar-refractivity contribution in [1.82, 2.24) is 10.6 Å². The van der Waals surface area contributed by atoms with Crippen molar-refractivity contribution in [2.24, 2.45) is 5.92 Å². The first kappa shape index (κ1) is 14.2. The molecular weight excluding hydrogens is 260 g/mol. The van der Waals surface area contributed by atoms with E-state index in [2.05, 4.69) is 10.6 Å². The van der Waals surface area contributed by atoms with Crippen LogP contribution in [-0.2, 0) is 9.53 Å². The Labute approximate surface area is 117 Å². The maximum atomic E-state index is 12.2. The molecule has 1 unspecified atom stereocenters. The lowest BCUT2D eigenvalue weighted by molar-refractivity contribution is -0.140. The van der Waals surface area contributed by atoms with Gasteiger partial charge in [-0.25, -0.2) is 9.59 Å². The molecule has 0 saturated carbocycles. The number of esters is 1. The second-order valence-electron chi connectivity index (χ2n) is 5.08. The topological polar surface area (TPSA) is 80.6 Å². The molecule has 2 heterocycles. The number of amides is 2. The predicted octanol–water partition coefficient (Wildman–Crippen LogP) is 2.11. The van der Waals surface area contributed by atoms with Crippen LogP contribution in [0.3, 0.4) is 0 Å². The second kappa shape index (κ2) is 5.81. The van der Waals surface area contributed by atoms with Crippen LogP contribution in [0, 0.1) is 5.92 Å². The van der Waals surface area contributed by atoms with Gasteiger partial charge in [-0.05, 0) is 25.0 Å². The summed E-state index contributed by atoms with van der Waals surface area (Å²) in [6, 6.07) is 2.41. The largest absolute Gasteiger partial charge is 0.467 e. The van der Waals surface area contributed by atoms with Crippen molar-refractivity contribution in [3.05, 3.63) is 35.4 Å². The molecule has 6 nitrogen and oxygen atoms in total. The lowest BCUT2D eigenvalue weighted by atomic mass is 10.0. The molecule has 1 aliphatic rings. The van der Waals surface area contributed by atoms with E-state index in [0.29, 0.717) is 23.6 Å². The number of carbonyl (C=O) groups excluding carboxylic acids is 2. The zero-order valence-electron chi connectivity index (χ0n) is 11.7. The summed E-state index contributed by atoms with van der Waals surface area (Å²) >= 11 is 0. The number of furan rings is 1. The molecule has 1 atom stereocenters. The van der Waals surface area contributed by atoms with Gasteiger partial charge in [-0.3, -0.25) is 0 Å². The Bertz CT molecular complexity index is 531. The number of ether oxygens (including phenoxy) is 1. The first-order valence-electron chi connectivity index (χ1n) is 6.48. The Morgan fingerprint density at radius 1 is 1.50 bits per heavy atom. The second-order valence-corrected chi connectivity index (χ2v) is 5.08. The third-order valence-electron chi connectivity index (χ3n) is 2.86. The van der Waals surface area contributed by atoms with Crippen LogP contribution in [0.15, 0.2) is 34.1 Å². The minimum Gasteiger partial charge on any atom is -0.467 e. The SMILES string of the molecule is CC1=C(C(=O)OCC(C)C)C(c2ccco2)NC(=O)N1. The Morgan fingerprint density at radius 3 is 2.85 bits per heavy atom. The molecule has 1 aromatic rings. The van der Waals surface area contributed by atoms with E-state index in [0.717, 1.165) is 0 Å². The van der Waals surface area contributed by atoms with E-state index >= 15 is 0 Å². The molecule has 0 fully saturated rings. The maximum absolute atomic E-state index is 12.2. The molecular formula is C14H18N2O4. The van der Waals surface area contributed by atoms with Gasteiger partial charge in [0.1, 0.15) is 11.8 Å². The smallest absolute Gasteiger partial charge is 0.338 e. The normalized spacial score (nSPS) is 18.8. The summed E-state index contributed by atoms with van der Waals surface area (Å²) in [5.41, 5.74) is 0.837. The molecule has 20 heavy (non-hydrogen) atoms. The molecule has 0 saturated heterocycles. The van der Waals surface area contributed by atoms with Gasteiger partial charge in [-0.15, -0.1) is 0 Å². The van der Waals surface area contributed by atoms with Gasteiger partial charge in [-0.1, -0.05) is 13.8 Å². The highest BCUT2D eigenvalue weighted by atomic mass is 16.5. The number of hydrogen-bond acceptors (Lipinski definition) is 4. The first-order chi connectivity index (χ1) is 9.49. The summed E-state index contributed by atoms with van der Waals surface area (Å²) in [5, 5.41) is 5.24. The fraction of sp³-hybridized carbons (Fsp3) is 0.429. The Kier molecular flexibility index (Phi) is 4.12. The van der Waals surface area contributed by atoms with Crippen molar-refractivity contribution in [2.45, 2.75) is 26.8 Å². The number of allylic oxidation sites excluding steroid dienone is 1. The molecule has 1 aliphatic heterocycles. The zero-order chi connectivity index (χ0) is 14.7. The number of urea groups is 1. The van der Waals surface area contributed by atoms with Gasteiger partial charge in [0.25, 0.3) is 0 Å². The van der Waals surface area contributed by atoms with Gasteiger partial charge in [-0.2, -0.15) is 0 Å². The quantitative estimate of drug-likeness (QED) is 0.826. The van der Waals surface area contributed by atoms with Crippen molar-refractivity contribution in [3.8, 4) is 0 Å². The van der Waals surface area contributed by atoms with Gasteiger partial charge in [0.05, 0.1) is 18.4 Å². The van der Waals surface area contributed by atoms with E-state index in [1.807, 2.05) is 13.8 Å². The zero-order valence-corrected chi connectivity index (χ0v) is 11.7. The monoisotopic (exact) mass is 278 g/mol. The average molecular weight is 278 g/mol. The van der Waals surface area contributed by atoms with Crippen LogP contribution in [0.25, 0.3) is 0 Å². The average Bonchev–Trinajstić information content (AvgIpc) is 2.88. The predicted molar refractivity (Wildman–Crippen MR) is 71.6 cm³/mol. The third kappa shape index (κ3) is 3.01. The van der Waals surface area contributed by atoms with E-state index in [9.17, 15) is 9.59 Å². The summed E-state index contributed by atoms with van der Waals surface area (Å²) in [6.07, 6.45) is 1.50. The fourth-order valence-corrected chi connectivity index (χ4v) is 1.95. The van der Waals surface area contributed by atoms with Gasteiger partial charge in [0.15, 0.2) is 0 Å². The molecule has 0 spiro atoms. The molecule has 2 rings (SSSR count). The van der Waals surface area contributed by atoms with Gasteiger partial charge in [0.2, 0.25) is 0 Å². The van der Waals surface area contributed by atoms with Crippen LogP contribution in [0.1, 0.15) is 32.6 Å². The van der Waals surface area contributed by atoms with E-state index < -0.39 is 12.0 Å². The van der Waals surface area contributed by atoms with Crippen LogP contribution in [0.4, 0.5) is 4.79 Å². The number of hydrogen-bond donors (Lipinski definition) is 2. The van der Waals surface area contributed by atoms with Crippen molar-refractivity contribution in [1.29, 1.82) is 0 Å². The van der Waals surface area contributed by atoms with Gasteiger partial charge < -0.3 is 19.8 Å². The van der Waals surface area contributed by atoms with E-state index in [1.54, 1.807) is 19.1 Å². The van der Waals surface area contributed by atoms with Crippen molar-refractivity contribution >= 4 is 12.0 Å². The summed E-state index contributed by atoms with van der Waals surface area (Å²) in [5.74, 6) is 0.286. The molecule has 0 aromatic carbocycles. The molecule has 2 N–H and O–H groups in total. The minimum absolute atomic E-state index is 0.244. The summed E-state index contributed by atoms with van der Waals surface area (Å²) < 4.78 is 10.5. The lowest BCUT2D eigenvalue weighted by Gasteiger charge is -2.26. The Balaban J connectivity index is 2.27. The van der Waals surface area contributed by atoms with E-state index in [1.165, 1.54) is 6.26 Å². The van der Waals surface area contributed by atoms with Crippen LogP contribution in [0.5, 0.6) is 0 Å². The number of carbonyl (C=O) groups is 2. The van der Waals surface area contributed by atoms with Crippen molar-refractivity contribution in [2.75, 3.05) is 6.61 Å². The minimum atomic E-state index is -0.626. The summed E-state index contributed by atoms with van der Waals surface area (Å²) in [7, 11) is 0. The Morgan fingerprint density at radius 2 is 2.25 bits per heavy atom. The highest BCUT2D eigenvalue weighted by Gasteiger charge is 2.33. The third-order valence-corrected chi connectivity index (χ3v) is 2.86. The van der Waals surface area contributed by atoms with E-state index in [4.69, 9.17) is 9.15 Å². The highest BCUT2D eigenvalue weighted by molar-refractivity contribution is 5.94. The molecule has 6 heteroatoms. The fourth-order valence-electron chi connectivity index (χ4n) is 1.95. The molecule has 1 aromatic heterocycles. The molecule has 0 radical (unpaired) electrons. The van der Waals surface area contributed by atoms with E-state index in [-0.39, 0.29) is 11.9 Å². The molecule has 0 aliphatic carbocycles. The lowest BCUT2D eigenvalue weighted by Crippen LogP contribution is -2.45. The number of rotatable bonds is 4. The van der Waals surface area contributed by atoms with Crippen LogP contribution >= 0.6 is 0 Å². The van der Waals surface area contributed by atoms with Crippen LogP contribution in [0.2, 0.25) is 0 Å². The standard InChI is InChI=1S/C14H18N2O4/c1-8(2)7-20-13(17)11-9(3)15-14(18)16-12(11)10-5-4-6-19-10/h4-6,8,12H,7H2,1-3H3,(H2,15,16,18).